The van der Waals surface area contributed by atoms with E-state index in [0.29, 0.717) is 18.4 Å². The van der Waals surface area contributed by atoms with E-state index >= 15 is 0 Å². The summed E-state index contributed by atoms with van der Waals surface area (Å²) in [6.07, 6.45) is 1.56. The number of hydrogen-bond acceptors (Lipinski definition) is 5. The summed E-state index contributed by atoms with van der Waals surface area (Å²) in [7, 11) is 0. The molecule has 0 atom stereocenters. The van der Waals surface area contributed by atoms with E-state index in [0.717, 1.165) is 31.0 Å². The molecule has 0 amide bonds. The second kappa shape index (κ2) is 4.65. The third-order valence-electron chi connectivity index (χ3n) is 2.88. The van der Waals surface area contributed by atoms with Gasteiger partial charge in [-0.05, 0) is 20.4 Å². The van der Waals surface area contributed by atoms with Crippen LogP contribution >= 0.6 is 0 Å². The molecule has 0 unspecified atom stereocenters. The van der Waals surface area contributed by atoms with Gasteiger partial charge in [0.05, 0.1) is 12.2 Å². The number of anilines is 1. The van der Waals surface area contributed by atoms with Crippen LogP contribution in [0, 0.1) is 12.8 Å². The van der Waals surface area contributed by atoms with Gasteiger partial charge in [0.15, 0.2) is 0 Å². The van der Waals surface area contributed by atoms with Crippen LogP contribution in [0.2, 0.25) is 0 Å². The van der Waals surface area contributed by atoms with Gasteiger partial charge in [-0.15, -0.1) is 0 Å². The van der Waals surface area contributed by atoms with E-state index in [2.05, 4.69) is 14.9 Å². The fraction of sp³-hybridized carbons (Fsp3) is 0.636. The van der Waals surface area contributed by atoms with Crippen molar-refractivity contribution in [3.8, 4) is 5.88 Å². The van der Waals surface area contributed by atoms with Crippen LogP contribution < -0.4 is 15.4 Å². The highest BCUT2D eigenvalue weighted by atomic mass is 16.5. The van der Waals surface area contributed by atoms with Crippen molar-refractivity contribution in [2.24, 2.45) is 11.7 Å². The van der Waals surface area contributed by atoms with Crippen LogP contribution in [0.25, 0.3) is 0 Å². The minimum atomic E-state index is 0.602. The molecule has 1 aromatic rings. The summed E-state index contributed by atoms with van der Waals surface area (Å²) < 4.78 is 5.45. The Morgan fingerprint density at radius 1 is 1.50 bits per heavy atom. The smallest absolute Gasteiger partial charge is 0.221 e. The van der Waals surface area contributed by atoms with Crippen LogP contribution in [0.15, 0.2) is 6.33 Å². The molecular weight excluding hydrogens is 204 g/mol. The average molecular weight is 222 g/mol. The fourth-order valence-electron chi connectivity index (χ4n) is 1.92. The maximum absolute atomic E-state index is 5.61. The standard InChI is InChI=1S/C11H18N4O/c1-3-16-11-8(2)10(13-7-14-11)15-5-9(4-12)6-15/h7,9H,3-6,12H2,1-2H3. The highest BCUT2D eigenvalue weighted by Crippen LogP contribution is 2.28. The first-order chi connectivity index (χ1) is 7.76. The Hall–Kier alpha value is -1.36. The summed E-state index contributed by atoms with van der Waals surface area (Å²) >= 11 is 0. The Balaban J connectivity index is 2.13. The van der Waals surface area contributed by atoms with Gasteiger partial charge >= 0.3 is 0 Å². The van der Waals surface area contributed by atoms with Gasteiger partial charge in [0.25, 0.3) is 0 Å². The number of nitrogens with two attached hydrogens (primary N) is 1. The van der Waals surface area contributed by atoms with Crippen LogP contribution in [0.5, 0.6) is 5.88 Å². The Labute approximate surface area is 95.6 Å². The van der Waals surface area contributed by atoms with Crippen molar-refractivity contribution in [1.29, 1.82) is 0 Å². The van der Waals surface area contributed by atoms with Crippen molar-refractivity contribution in [3.05, 3.63) is 11.9 Å². The summed E-state index contributed by atoms with van der Waals surface area (Å²) in [5.74, 6) is 2.26. The minimum Gasteiger partial charge on any atom is -0.478 e. The Morgan fingerprint density at radius 2 is 2.25 bits per heavy atom. The number of rotatable bonds is 4. The minimum absolute atomic E-state index is 0.602. The molecule has 0 aromatic carbocycles. The van der Waals surface area contributed by atoms with Crippen LogP contribution in [-0.2, 0) is 0 Å². The lowest BCUT2D eigenvalue weighted by atomic mass is 10.0. The third kappa shape index (κ3) is 1.95. The monoisotopic (exact) mass is 222 g/mol. The normalized spacial score (nSPS) is 16.1. The largest absolute Gasteiger partial charge is 0.478 e. The predicted molar refractivity (Wildman–Crippen MR) is 62.7 cm³/mol. The third-order valence-corrected chi connectivity index (χ3v) is 2.88. The Morgan fingerprint density at radius 3 is 2.88 bits per heavy atom. The van der Waals surface area contributed by atoms with Gasteiger partial charge < -0.3 is 15.4 Å². The van der Waals surface area contributed by atoms with E-state index in [1.807, 2.05) is 13.8 Å². The van der Waals surface area contributed by atoms with Crippen molar-refractivity contribution in [3.63, 3.8) is 0 Å². The van der Waals surface area contributed by atoms with Gasteiger partial charge in [-0.1, -0.05) is 0 Å². The van der Waals surface area contributed by atoms with Gasteiger partial charge in [0, 0.05) is 19.0 Å². The molecule has 2 heterocycles. The van der Waals surface area contributed by atoms with Crippen molar-refractivity contribution >= 4 is 5.82 Å². The molecule has 1 saturated heterocycles. The van der Waals surface area contributed by atoms with Crippen LogP contribution in [0.1, 0.15) is 12.5 Å². The summed E-state index contributed by atoms with van der Waals surface area (Å²) in [6, 6.07) is 0. The zero-order valence-electron chi connectivity index (χ0n) is 9.81. The van der Waals surface area contributed by atoms with Gasteiger partial charge in [0.1, 0.15) is 12.1 Å². The SMILES string of the molecule is CCOc1ncnc(N2CC(CN)C2)c1C. The molecule has 0 radical (unpaired) electrons. The lowest BCUT2D eigenvalue weighted by Crippen LogP contribution is -2.50. The van der Waals surface area contributed by atoms with Gasteiger partial charge in [-0.3, -0.25) is 0 Å². The molecule has 0 spiro atoms. The van der Waals surface area contributed by atoms with Gasteiger partial charge in [-0.2, -0.15) is 0 Å². The quantitative estimate of drug-likeness (QED) is 0.807. The molecule has 0 aliphatic carbocycles. The maximum Gasteiger partial charge on any atom is 0.221 e. The number of aromatic nitrogens is 2. The first-order valence-electron chi connectivity index (χ1n) is 5.65. The zero-order chi connectivity index (χ0) is 11.5. The molecule has 1 aromatic heterocycles. The highest BCUT2D eigenvalue weighted by molar-refractivity contribution is 5.52. The molecule has 1 fully saturated rings. The van der Waals surface area contributed by atoms with Gasteiger partial charge in [-0.25, -0.2) is 9.97 Å². The van der Waals surface area contributed by atoms with E-state index in [4.69, 9.17) is 10.5 Å². The second-order valence-corrected chi connectivity index (χ2v) is 4.07. The predicted octanol–water partition coefficient (Wildman–Crippen LogP) is 0.579. The number of ether oxygens (including phenoxy) is 1. The molecule has 2 rings (SSSR count). The van der Waals surface area contributed by atoms with Crippen LogP contribution in [0.3, 0.4) is 0 Å². The van der Waals surface area contributed by atoms with Crippen molar-refractivity contribution < 1.29 is 4.74 Å². The van der Waals surface area contributed by atoms with E-state index in [1.165, 1.54) is 0 Å². The molecule has 0 saturated carbocycles. The Kier molecular flexibility index (Phi) is 3.24. The summed E-state index contributed by atoms with van der Waals surface area (Å²) in [5.41, 5.74) is 6.62. The first-order valence-corrected chi connectivity index (χ1v) is 5.65. The summed E-state index contributed by atoms with van der Waals surface area (Å²) in [5, 5.41) is 0. The average Bonchev–Trinajstić information content (AvgIpc) is 2.22. The second-order valence-electron chi connectivity index (χ2n) is 4.07. The summed E-state index contributed by atoms with van der Waals surface area (Å²) in [4.78, 5) is 10.6. The lowest BCUT2D eigenvalue weighted by molar-refractivity contribution is 0.322. The molecule has 1 aliphatic heterocycles. The Bertz CT molecular complexity index is 363. The molecular formula is C11H18N4O. The van der Waals surface area contributed by atoms with E-state index in [-0.39, 0.29) is 0 Å². The van der Waals surface area contributed by atoms with E-state index in [1.54, 1.807) is 6.33 Å². The lowest BCUT2D eigenvalue weighted by Gasteiger charge is -2.40. The van der Waals surface area contributed by atoms with Crippen LogP contribution in [0.4, 0.5) is 5.82 Å². The number of hydrogen-bond donors (Lipinski definition) is 1. The highest BCUT2D eigenvalue weighted by Gasteiger charge is 2.28. The van der Waals surface area contributed by atoms with E-state index in [9.17, 15) is 0 Å². The van der Waals surface area contributed by atoms with Crippen molar-refractivity contribution in [2.45, 2.75) is 13.8 Å². The van der Waals surface area contributed by atoms with Crippen molar-refractivity contribution in [1.82, 2.24) is 9.97 Å². The molecule has 5 heteroatoms. The number of nitrogens with zero attached hydrogens (tertiary/aromatic N) is 3. The fourth-order valence-corrected chi connectivity index (χ4v) is 1.92. The van der Waals surface area contributed by atoms with Crippen LogP contribution in [-0.4, -0.2) is 36.2 Å². The van der Waals surface area contributed by atoms with Gasteiger partial charge in [0.2, 0.25) is 5.88 Å². The topological polar surface area (TPSA) is 64.3 Å². The molecule has 1 aliphatic rings. The zero-order valence-corrected chi connectivity index (χ0v) is 9.81. The molecule has 5 nitrogen and oxygen atoms in total. The first kappa shape index (κ1) is 11.1. The van der Waals surface area contributed by atoms with Crippen molar-refractivity contribution in [2.75, 3.05) is 31.1 Å². The molecule has 16 heavy (non-hydrogen) atoms. The summed E-state index contributed by atoms with van der Waals surface area (Å²) in [6.45, 7) is 7.30. The molecule has 88 valence electrons. The molecule has 0 bridgehead atoms. The van der Waals surface area contributed by atoms with E-state index < -0.39 is 0 Å². The molecule has 2 N–H and O–H groups in total. The maximum atomic E-state index is 5.61.